The molecule has 7 nitrogen and oxygen atoms in total. The molecule has 0 radical (unpaired) electrons. The van der Waals surface area contributed by atoms with Crippen molar-refractivity contribution in [2.45, 2.75) is 12.1 Å². The molecule has 4 aromatic carbocycles. The van der Waals surface area contributed by atoms with Crippen LogP contribution < -0.4 is 10.2 Å². The van der Waals surface area contributed by atoms with Gasteiger partial charge in [-0.25, -0.2) is 5.43 Å². The molecule has 1 heterocycles. The Kier molecular flexibility index (Phi) is 7.28. The summed E-state index contributed by atoms with van der Waals surface area (Å²) in [6, 6.07) is 29.8. The summed E-state index contributed by atoms with van der Waals surface area (Å²) in [6.45, 7) is 2.04. The Labute approximate surface area is 219 Å². The topological polar surface area (TPSA) is 81.4 Å². The third kappa shape index (κ3) is 5.54. The largest absolute Gasteiger partial charge is 0.497 e. The highest BCUT2D eigenvalue weighted by Gasteiger charge is 2.17. The van der Waals surface area contributed by atoms with Gasteiger partial charge in [-0.2, -0.15) is 5.10 Å². The second-order valence-electron chi connectivity index (χ2n) is 8.36. The SMILES string of the molecule is COc1ccc(-c2nnc(SCC(=O)NN=Cc3cccc4ccccc34)n2-c2ccc(C)cc2)cc1. The van der Waals surface area contributed by atoms with Gasteiger partial charge in [-0.1, -0.05) is 71.9 Å². The molecule has 8 heteroatoms. The first kappa shape index (κ1) is 24.3. The zero-order valence-corrected chi connectivity index (χ0v) is 21.3. The third-order valence-electron chi connectivity index (χ3n) is 5.82. The first-order valence-electron chi connectivity index (χ1n) is 11.7. The van der Waals surface area contributed by atoms with E-state index >= 15 is 0 Å². The number of hydrogen-bond acceptors (Lipinski definition) is 6. The van der Waals surface area contributed by atoms with Gasteiger partial charge in [0.1, 0.15) is 5.75 Å². The quantitative estimate of drug-likeness (QED) is 0.167. The van der Waals surface area contributed by atoms with Crippen molar-refractivity contribution in [3.05, 3.63) is 102 Å². The van der Waals surface area contributed by atoms with Crippen molar-refractivity contribution in [3.63, 3.8) is 0 Å². The van der Waals surface area contributed by atoms with E-state index in [-0.39, 0.29) is 11.7 Å². The monoisotopic (exact) mass is 507 g/mol. The van der Waals surface area contributed by atoms with Crippen molar-refractivity contribution in [3.8, 4) is 22.8 Å². The van der Waals surface area contributed by atoms with Crippen LogP contribution in [0.1, 0.15) is 11.1 Å². The number of hydrazone groups is 1. The summed E-state index contributed by atoms with van der Waals surface area (Å²) in [6.07, 6.45) is 1.67. The van der Waals surface area contributed by atoms with Crippen LogP contribution in [-0.2, 0) is 4.79 Å². The summed E-state index contributed by atoms with van der Waals surface area (Å²) in [5.41, 5.74) is 6.52. The minimum Gasteiger partial charge on any atom is -0.497 e. The number of amides is 1. The summed E-state index contributed by atoms with van der Waals surface area (Å²) >= 11 is 1.30. The molecule has 0 aliphatic heterocycles. The van der Waals surface area contributed by atoms with Crippen molar-refractivity contribution in [2.24, 2.45) is 5.10 Å². The predicted molar refractivity (Wildman–Crippen MR) is 148 cm³/mol. The second kappa shape index (κ2) is 11.1. The van der Waals surface area contributed by atoms with Crippen LogP contribution in [0.25, 0.3) is 27.8 Å². The molecule has 5 rings (SSSR count). The minimum atomic E-state index is -0.231. The number of fused-ring (bicyclic) bond motifs is 1. The maximum Gasteiger partial charge on any atom is 0.250 e. The van der Waals surface area contributed by atoms with Gasteiger partial charge in [0.25, 0.3) is 5.91 Å². The van der Waals surface area contributed by atoms with Crippen LogP contribution in [0, 0.1) is 6.92 Å². The lowest BCUT2D eigenvalue weighted by atomic mass is 10.1. The number of methoxy groups -OCH3 is 1. The van der Waals surface area contributed by atoms with Gasteiger partial charge in [0.15, 0.2) is 11.0 Å². The van der Waals surface area contributed by atoms with E-state index in [1.165, 1.54) is 11.8 Å². The molecule has 1 amide bonds. The summed E-state index contributed by atoms with van der Waals surface area (Å²) in [5, 5.41) is 15.8. The number of thioether (sulfide) groups is 1. The Bertz CT molecular complexity index is 1550. The van der Waals surface area contributed by atoms with Gasteiger partial charge in [-0.05, 0) is 54.1 Å². The van der Waals surface area contributed by atoms with E-state index < -0.39 is 0 Å². The number of nitrogens with zero attached hydrogens (tertiary/aromatic N) is 4. The van der Waals surface area contributed by atoms with Crippen LogP contribution in [0.5, 0.6) is 5.75 Å². The molecular weight excluding hydrogens is 482 g/mol. The van der Waals surface area contributed by atoms with Crippen molar-refractivity contribution in [2.75, 3.05) is 12.9 Å². The summed E-state index contributed by atoms with van der Waals surface area (Å²) in [5.74, 6) is 1.36. The zero-order valence-electron chi connectivity index (χ0n) is 20.5. The first-order valence-corrected chi connectivity index (χ1v) is 12.7. The number of nitrogens with one attached hydrogen (secondary N) is 1. The summed E-state index contributed by atoms with van der Waals surface area (Å²) in [7, 11) is 1.63. The average molecular weight is 508 g/mol. The van der Waals surface area contributed by atoms with E-state index in [0.717, 1.165) is 38.9 Å². The van der Waals surface area contributed by atoms with E-state index in [9.17, 15) is 4.79 Å². The molecule has 0 spiro atoms. The number of benzene rings is 4. The normalized spacial score (nSPS) is 11.2. The lowest BCUT2D eigenvalue weighted by Gasteiger charge is -2.11. The standard InChI is InChI=1S/C29H25N5O2S/c1-20-10-14-24(15-11-20)34-28(22-12-16-25(36-2)17-13-22)32-33-29(34)37-19-27(35)31-30-18-23-8-5-7-21-6-3-4-9-26(21)23/h3-18H,19H2,1-2H3,(H,31,35). The molecule has 0 saturated carbocycles. The fourth-order valence-corrected chi connectivity index (χ4v) is 4.66. The Balaban J connectivity index is 1.33. The number of aryl methyl sites for hydroxylation is 1. The van der Waals surface area contributed by atoms with Crippen molar-refractivity contribution in [1.29, 1.82) is 0 Å². The number of ether oxygens (including phenoxy) is 1. The average Bonchev–Trinajstić information content (AvgIpc) is 3.36. The smallest absolute Gasteiger partial charge is 0.250 e. The van der Waals surface area contributed by atoms with Gasteiger partial charge >= 0.3 is 0 Å². The molecule has 0 bridgehead atoms. The zero-order chi connectivity index (χ0) is 25.6. The van der Waals surface area contributed by atoms with Crippen LogP contribution >= 0.6 is 11.8 Å². The molecule has 1 aromatic heterocycles. The van der Waals surface area contributed by atoms with Crippen molar-refractivity contribution in [1.82, 2.24) is 20.2 Å². The molecule has 0 aliphatic carbocycles. The molecule has 0 unspecified atom stereocenters. The lowest BCUT2D eigenvalue weighted by molar-refractivity contribution is -0.118. The van der Waals surface area contributed by atoms with Crippen LogP contribution in [0.2, 0.25) is 0 Å². The fraction of sp³-hybridized carbons (Fsp3) is 0.103. The van der Waals surface area contributed by atoms with Crippen LogP contribution in [-0.4, -0.2) is 39.7 Å². The maximum atomic E-state index is 12.6. The number of rotatable bonds is 8. The lowest BCUT2D eigenvalue weighted by Crippen LogP contribution is -2.20. The van der Waals surface area contributed by atoms with E-state index in [0.29, 0.717) is 11.0 Å². The highest BCUT2D eigenvalue weighted by molar-refractivity contribution is 7.99. The molecule has 37 heavy (non-hydrogen) atoms. The van der Waals surface area contributed by atoms with Crippen LogP contribution in [0.4, 0.5) is 0 Å². The summed E-state index contributed by atoms with van der Waals surface area (Å²) in [4.78, 5) is 12.6. The molecule has 5 aromatic rings. The van der Waals surface area contributed by atoms with Gasteiger partial charge in [-0.3, -0.25) is 9.36 Å². The van der Waals surface area contributed by atoms with Crippen molar-refractivity contribution >= 4 is 34.7 Å². The van der Waals surface area contributed by atoms with Gasteiger partial charge in [-0.15, -0.1) is 10.2 Å². The highest BCUT2D eigenvalue weighted by Crippen LogP contribution is 2.29. The fourth-order valence-electron chi connectivity index (χ4n) is 3.92. The number of carbonyl (C=O) groups excluding carboxylic acids is 1. The molecule has 1 N–H and O–H groups in total. The van der Waals surface area contributed by atoms with Gasteiger partial charge in [0, 0.05) is 16.8 Å². The Morgan fingerprint density at radius 3 is 2.51 bits per heavy atom. The Hall–Kier alpha value is -4.43. The van der Waals surface area contributed by atoms with E-state index in [1.807, 2.05) is 102 Å². The van der Waals surface area contributed by atoms with Crippen molar-refractivity contribution < 1.29 is 9.53 Å². The van der Waals surface area contributed by atoms with Gasteiger partial charge in [0.05, 0.1) is 19.1 Å². The second-order valence-corrected chi connectivity index (χ2v) is 9.30. The third-order valence-corrected chi connectivity index (χ3v) is 6.75. The molecule has 0 saturated heterocycles. The van der Waals surface area contributed by atoms with E-state index in [4.69, 9.17) is 4.74 Å². The molecular formula is C29H25N5O2S. The predicted octanol–water partition coefficient (Wildman–Crippen LogP) is 5.65. The van der Waals surface area contributed by atoms with E-state index in [2.05, 4.69) is 20.7 Å². The molecule has 0 fully saturated rings. The van der Waals surface area contributed by atoms with Crippen LogP contribution in [0.3, 0.4) is 0 Å². The number of hydrogen-bond donors (Lipinski definition) is 1. The highest BCUT2D eigenvalue weighted by atomic mass is 32.2. The van der Waals surface area contributed by atoms with E-state index in [1.54, 1.807) is 13.3 Å². The van der Waals surface area contributed by atoms with Crippen LogP contribution in [0.15, 0.2) is 101 Å². The Morgan fingerprint density at radius 1 is 0.973 bits per heavy atom. The summed E-state index contributed by atoms with van der Waals surface area (Å²) < 4.78 is 7.24. The van der Waals surface area contributed by atoms with Gasteiger partial charge < -0.3 is 4.74 Å². The maximum absolute atomic E-state index is 12.6. The minimum absolute atomic E-state index is 0.138. The number of aromatic nitrogens is 3. The first-order chi connectivity index (χ1) is 18.1. The Morgan fingerprint density at radius 2 is 1.73 bits per heavy atom. The molecule has 0 aliphatic rings. The molecule has 0 atom stereocenters. The molecule has 184 valence electrons. The van der Waals surface area contributed by atoms with Gasteiger partial charge in [0.2, 0.25) is 0 Å². The number of carbonyl (C=O) groups is 1.